The van der Waals surface area contributed by atoms with Crippen LogP contribution in [0.3, 0.4) is 0 Å². The van der Waals surface area contributed by atoms with Gasteiger partial charge < -0.3 is 14.9 Å². The summed E-state index contributed by atoms with van der Waals surface area (Å²) in [7, 11) is 3.97. The molecule has 1 amide bonds. The smallest absolute Gasteiger partial charge is 0.227 e. The molecule has 4 nitrogen and oxygen atoms in total. The van der Waals surface area contributed by atoms with E-state index in [1.165, 1.54) is 0 Å². The molecule has 0 aromatic heterocycles. The van der Waals surface area contributed by atoms with Gasteiger partial charge in [0.15, 0.2) is 0 Å². The molecule has 1 atom stereocenters. The number of hydrogen-bond acceptors (Lipinski definition) is 3. The second-order valence-corrected chi connectivity index (χ2v) is 7.70. The number of rotatable bonds is 4. The average Bonchev–Trinajstić information content (AvgIpc) is 2.58. The summed E-state index contributed by atoms with van der Waals surface area (Å²) in [5.74, 6) is 0.354. The number of hydrogen-bond donors (Lipinski definition) is 1. The fraction of sp³-hybridized carbons (Fsp3) is 0.350. The van der Waals surface area contributed by atoms with E-state index in [2.05, 4.69) is 4.90 Å². The molecule has 6 heteroatoms. The van der Waals surface area contributed by atoms with E-state index in [0.29, 0.717) is 35.3 Å². The number of carbonyl (C=O) groups excluding carboxylic acids is 1. The zero-order valence-electron chi connectivity index (χ0n) is 14.9. The molecule has 0 aliphatic carbocycles. The van der Waals surface area contributed by atoms with Crippen molar-refractivity contribution in [2.45, 2.75) is 18.9 Å². The number of phenols is 1. The van der Waals surface area contributed by atoms with Crippen LogP contribution in [-0.2, 0) is 17.6 Å². The molecule has 0 fully saturated rings. The average molecular weight is 393 g/mol. The van der Waals surface area contributed by atoms with Gasteiger partial charge in [-0.2, -0.15) is 0 Å². The summed E-state index contributed by atoms with van der Waals surface area (Å²) in [6.07, 6.45) is 0.925. The fourth-order valence-corrected chi connectivity index (χ4v) is 3.82. The fourth-order valence-electron chi connectivity index (χ4n) is 3.50. The summed E-state index contributed by atoms with van der Waals surface area (Å²) >= 11 is 12.0. The molecule has 0 radical (unpaired) electrons. The van der Waals surface area contributed by atoms with Crippen LogP contribution >= 0.6 is 23.2 Å². The van der Waals surface area contributed by atoms with Gasteiger partial charge in [-0.05, 0) is 49.8 Å². The molecule has 0 bridgehead atoms. The number of phenolic OH excluding ortho intramolecular Hbond substituents is 1. The van der Waals surface area contributed by atoms with Crippen molar-refractivity contribution >= 4 is 29.1 Å². The molecule has 3 rings (SSSR count). The highest BCUT2D eigenvalue weighted by Crippen LogP contribution is 2.35. The molecule has 1 aliphatic rings. The monoisotopic (exact) mass is 392 g/mol. The van der Waals surface area contributed by atoms with Crippen LogP contribution in [0.1, 0.15) is 22.7 Å². The van der Waals surface area contributed by atoms with Crippen molar-refractivity contribution in [3.05, 3.63) is 63.1 Å². The third-order valence-corrected chi connectivity index (χ3v) is 5.46. The topological polar surface area (TPSA) is 43.8 Å². The number of fused-ring (bicyclic) bond motifs is 1. The standard InChI is InChI=1S/C20H22Cl2N2O2/c1-23(2)12-18-14-4-3-5-19(25)15(14)8-9-24(18)20(26)11-13-6-7-16(21)17(22)10-13/h3-7,10,18,25H,8-9,11-12H2,1-2H3. The molecule has 1 unspecified atom stereocenters. The van der Waals surface area contributed by atoms with Crippen LogP contribution in [0.5, 0.6) is 5.75 Å². The number of likely N-dealkylation sites (N-methyl/N-ethyl adjacent to an activating group) is 1. The Morgan fingerprint density at radius 1 is 1.23 bits per heavy atom. The first kappa shape index (κ1) is 19.0. The Hall–Kier alpha value is -1.75. The van der Waals surface area contributed by atoms with Crippen LogP contribution in [0.15, 0.2) is 36.4 Å². The van der Waals surface area contributed by atoms with Gasteiger partial charge in [0.1, 0.15) is 5.75 Å². The van der Waals surface area contributed by atoms with Gasteiger partial charge in [0, 0.05) is 18.7 Å². The van der Waals surface area contributed by atoms with Gasteiger partial charge in [-0.1, -0.05) is 41.4 Å². The second-order valence-electron chi connectivity index (χ2n) is 6.89. The maximum atomic E-state index is 13.0. The van der Waals surface area contributed by atoms with Gasteiger partial charge in [0.05, 0.1) is 22.5 Å². The molecule has 1 N–H and O–H groups in total. The van der Waals surface area contributed by atoms with Crippen molar-refractivity contribution in [2.75, 3.05) is 27.2 Å². The third kappa shape index (κ3) is 3.98. The SMILES string of the molecule is CN(C)CC1c2cccc(O)c2CCN1C(=O)Cc1ccc(Cl)c(Cl)c1. The van der Waals surface area contributed by atoms with Crippen LogP contribution < -0.4 is 0 Å². The quantitative estimate of drug-likeness (QED) is 0.856. The van der Waals surface area contributed by atoms with Crippen molar-refractivity contribution < 1.29 is 9.90 Å². The summed E-state index contributed by atoms with van der Waals surface area (Å²) < 4.78 is 0. The minimum atomic E-state index is -0.0869. The van der Waals surface area contributed by atoms with Crippen molar-refractivity contribution in [1.29, 1.82) is 0 Å². The summed E-state index contributed by atoms with van der Waals surface area (Å²) in [6.45, 7) is 1.28. The Kier molecular flexibility index (Phi) is 5.76. The summed E-state index contributed by atoms with van der Waals surface area (Å²) in [6, 6.07) is 10.7. The lowest BCUT2D eigenvalue weighted by molar-refractivity contribution is -0.133. The number of carbonyl (C=O) groups is 1. The lowest BCUT2D eigenvalue weighted by Gasteiger charge is -2.39. The van der Waals surface area contributed by atoms with Crippen LogP contribution in [0.4, 0.5) is 0 Å². The Morgan fingerprint density at radius 3 is 2.69 bits per heavy atom. The summed E-state index contributed by atoms with van der Waals surface area (Å²) in [5.41, 5.74) is 2.81. The summed E-state index contributed by atoms with van der Waals surface area (Å²) in [4.78, 5) is 17.0. The van der Waals surface area contributed by atoms with E-state index in [0.717, 1.165) is 16.7 Å². The van der Waals surface area contributed by atoms with Crippen LogP contribution in [0, 0.1) is 0 Å². The maximum Gasteiger partial charge on any atom is 0.227 e. The number of benzene rings is 2. The molecule has 2 aromatic rings. The Balaban J connectivity index is 1.87. The second kappa shape index (κ2) is 7.87. The van der Waals surface area contributed by atoms with Crippen LogP contribution in [0.2, 0.25) is 10.0 Å². The van der Waals surface area contributed by atoms with Crippen molar-refractivity contribution in [2.24, 2.45) is 0 Å². The molecule has 0 saturated heterocycles. The van der Waals surface area contributed by atoms with Gasteiger partial charge in [0.2, 0.25) is 5.91 Å². The number of halogens is 2. The zero-order valence-corrected chi connectivity index (χ0v) is 16.4. The van der Waals surface area contributed by atoms with Gasteiger partial charge in [-0.25, -0.2) is 0 Å². The van der Waals surface area contributed by atoms with E-state index in [1.54, 1.807) is 18.2 Å². The molecule has 0 saturated carbocycles. The molecule has 26 heavy (non-hydrogen) atoms. The first-order chi connectivity index (χ1) is 12.4. The van der Waals surface area contributed by atoms with E-state index >= 15 is 0 Å². The first-order valence-electron chi connectivity index (χ1n) is 8.55. The predicted octanol–water partition coefficient (Wildman–Crippen LogP) is 3.93. The Bertz CT molecular complexity index is 823. The third-order valence-electron chi connectivity index (χ3n) is 4.72. The highest BCUT2D eigenvalue weighted by atomic mass is 35.5. The van der Waals surface area contributed by atoms with Crippen molar-refractivity contribution in [3.63, 3.8) is 0 Å². The first-order valence-corrected chi connectivity index (χ1v) is 9.31. The molecule has 1 heterocycles. The van der Waals surface area contributed by atoms with Gasteiger partial charge in [-0.15, -0.1) is 0 Å². The van der Waals surface area contributed by atoms with Crippen LogP contribution in [0.25, 0.3) is 0 Å². The van der Waals surface area contributed by atoms with E-state index < -0.39 is 0 Å². The van der Waals surface area contributed by atoms with E-state index in [9.17, 15) is 9.90 Å². The number of nitrogens with zero attached hydrogens (tertiary/aromatic N) is 2. The minimum absolute atomic E-state index is 0.0456. The largest absolute Gasteiger partial charge is 0.508 e. The minimum Gasteiger partial charge on any atom is -0.508 e. The zero-order chi connectivity index (χ0) is 18.8. The molecular formula is C20H22Cl2N2O2. The summed E-state index contributed by atoms with van der Waals surface area (Å²) in [5, 5.41) is 11.1. The Morgan fingerprint density at radius 2 is 2.00 bits per heavy atom. The van der Waals surface area contributed by atoms with E-state index in [4.69, 9.17) is 23.2 Å². The molecule has 0 spiro atoms. The predicted molar refractivity (Wildman–Crippen MR) is 105 cm³/mol. The van der Waals surface area contributed by atoms with Crippen molar-refractivity contribution in [1.82, 2.24) is 9.80 Å². The lowest BCUT2D eigenvalue weighted by Crippen LogP contribution is -2.44. The maximum absolute atomic E-state index is 13.0. The highest BCUT2D eigenvalue weighted by molar-refractivity contribution is 6.42. The molecule has 1 aliphatic heterocycles. The number of aromatic hydroxyl groups is 1. The van der Waals surface area contributed by atoms with E-state index in [1.807, 2.05) is 37.2 Å². The van der Waals surface area contributed by atoms with E-state index in [-0.39, 0.29) is 18.4 Å². The normalized spacial score (nSPS) is 16.7. The molecule has 2 aromatic carbocycles. The van der Waals surface area contributed by atoms with Crippen LogP contribution in [-0.4, -0.2) is 48.0 Å². The lowest BCUT2D eigenvalue weighted by atomic mass is 9.91. The van der Waals surface area contributed by atoms with Gasteiger partial charge in [0.25, 0.3) is 0 Å². The number of amides is 1. The van der Waals surface area contributed by atoms with Gasteiger partial charge in [-0.3, -0.25) is 4.79 Å². The Labute approximate surface area is 163 Å². The van der Waals surface area contributed by atoms with Gasteiger partial charge >= 0.3 is 0 Å². The van der Waals surface area contributed by atoms with Crippen molar-refractivity contribution in [3.8, 4) is 5.75 Å². The highest BCUT2D eigenvalue weighted by Gasteiger charge is 2.32. The molecular weight excluding hydrogens is 371 g/mol. The molecule has 138 valence electrons.